The fraction of sp³-hybridized carbons (Fsp3) is 0.538. The smallest absolute Gasteiger partial charge is 0.244 e. The first-order chi connectivity index (χ1) is 8.95. The van der Waals surface area contributed by atoms with E-state index in [0.717, 1.165) is 12.0 Å². The van der Waals surface area contributed by atoms with Gasteiger partial charge in [-0.3, -0.25) is 0 Å². The highest BCUT2D eigenvalue weighted by Gasteiger charge is 2.33. The van der Waals surface area contributed by atoms with Crippen molar-refractivity contribution in [3.05, 3.63) is 28.2 Å². The second-order valence-electron chi connectivity index (χ2n) is 4.96. The number of nitrogens with zero attached hydrogens (tertiary/aromatic N) is 1. The fourth-order valence-corrected chi connectivity index (χ4v) is 5.07. The summed E-state index contributed by atoms with van der Waals surface area (Å²) in [5.41, 5.74) is 1.02. The van der Waals surface area contributed by atoms with Crippen LogP contribution in [-0.4, -0.2) is 37.5 Å². The Morgan fingerprint density at radius 1 is 1.47 bits per heavy atom. The van der Waals surface area contributed by atoms with Crippen LogP contribution in [0.2, 0.25) is 0 Å². The van der Waals surface area contributed by atoms with E-state index >= 15 is 0 Å². The molecule has 0 aromatic heterocycles. The van der Waals surface area contributed by atoms with Crippen LogP contribution in [0.15, 0.2) is 27.6 Å². The first-order valence-electron chi connectivity index (χ1n) is 6.32. The molecule has 1 aliphatic heterocycles. The zero-order chi connectivity index (χ0) is 14.0. The minimum atomic E-state index is -3.43. The summed E-state index contributed by atoms with van der Waals surface area (Å²) >= 11 is 3.33. The molecule has 0 aliphatic carbocycles. The quantitative estimate of drug-likeness (QED) is 0.907. The highest BCUT2D eigenvalue weighted by Crippen LogP contribution is 2.30. The summed E-state index contributed by atoms with van der Waals surface area (Å²) in [5, 5.41) is 8.93. The summed E-state index contributed by atoms with van der Waals surface area (Å²) in [6.45, 7) is 3.08. The first kappa shape index (κ1) is 15.0. The number of halogens is 1. The third kappa shape index (κ3) is 3.18. The monoisotopic (exact) mass is 347 g/mol. The molecular formula is C13H18BrNO3S. The summed E-state index contributed by atoms with van der Waals surface area (Å²) in [5.74, 6) is 0.268. The number of sulfonamides is 1. The van der Waals surface area contributed by atoms with E-state index in [4.69, 9.17) is 5.11 Å². The van der Waals surface area contributed by atoms with Crippen LogP contribution in [0.5, 0.6) is 0 Å². The van der Waals surface area contributed by atoms with E-state index < -0.39 is 10.0 Å². The lowest BCUT2D eigenvalue weighted by Gasteiger charge is -2.17. The predicted molar refractivity (Wildman–Crippen MR) is 77.4 cm³/mol. The van der Waals surface area contributed by atoms with Crippen LogP contribution in [-0.2, 0) is 10.0 Å². The van der Waals surface area contributed by atoms with Crippen LogP contribution in [0.25, 0.3) is 0 Å². The summed E-state index contributed by atoms with van der Waals surface area (Å²) < 4.78 is 27.2. The maximum atomic E-state index is 12.5. The van der Waals surface area contributed by atoms with Gasteiger partial charge in [0.25, 0.3) is 0 Å². The Morgan fingerprint density at radius 2 is 2.21 bits per heavy atom. The van der Waals surface area contributed by atoms with Gasteiger partial charge in [-0.1, -0.05) is 6.07 Å². The molecule has 1 N–H and O–H groups in total. The van der Waals surface area contributed by atoms with Crippen molar-refractivity contribution < 1.29 is 13.5 Å². The lowest BCUT2D eigenvalue weighted by molar-refractivity contribution is 0.259. The third-order valence-corrected chi connectivity index (χ3v) is 6.33. The zero-order valence-electron chi connectivity index (χ0n) is 10.8. The standard InChI is InChI=1S/C13H18BrNO3S/c1-10-2-3-13(12(14)8-10)19(17,18)15-6-4-11(9-15)5-7-16/h2-3,8,11,16H,4-7,9H2,1H3. The van der Waals surface area contributed by atoms with Crippen molar-refractivity contribution in [2.75, 3.05) is 19.7 Å². The lowest BCUT2D eigenvalue weighted by Crippen LogP contribution is -2.29. The average molecular weight is 348 g/mol. The zero-order valence-corrected chi connectivity index (χ0v) is 13.2. The summed E-state index contributed by atoms with van der Waals surface area (Å²) in [7, 11) is -3.43. The van der Waals surface area contributed by atoms with Gasteiger partial charge >= 0.3 is 0 Å². The Kier molecular flexibility index (Phi) is 4.66. The van der Waals surface area contributed by atoms with Crippen molar-refractivity contribution in [1.82, 2.24) is 4.31 Å². The molecule has 106 valence electrons. The molecule has 0 bridgehead atoms. The predicted octanol–water partition coefficient (Wildman–Crippen LogP) is 2.15. The Morgan fingerprint density at radius 3 is 2.84 bits per heavy atom. The number of hydrogen-bond acceptors (Lipinski definition) is 3. The van der Waals surface area contributed by atoms with Gasteiger partial charge in [-0.2, -0.15) is 4.31 Å². The molecular weight excluding hydrogens is 330 g/mol. The van der Waals surface area contributed by atoms with Gasteiger partial charge in [0.2, 0.25) is 10.0 Å². The second-order valence-corrected chi connectivity index (χ2v) is 7.72. The van der Waals surface area contributed by atoms with Gasteiger partial charge in [0.1, 0.15) is 0 Å². The summed E-state index contributed by atoms with van der Waals surface area (Å²) in [4.78, 5) is 0.322. The van der Waals surface area contributed by atoms with Crippen LogP contribution >= 0.6 is 15.9 Å². The van der Waals surface area contributed by atoms with Crippen molar-refractivity contribution in [3.63, 3.8) is 0 Å². The second kappa shape index (κ2) is 5.91. The molecule has 1 aromatic rings. The maximum Gasteiger partial charge on any atom is 0.244 e. The van der Waals surface area contributed by atoms with Crippen LogP contribution < -0.4 is 0 Å². The Labute approximate surface area is 122 Å². The largest absolute Gasteiger partial charge is 0.396 e. The van der Waals surface area contributed by atoms with Gasteiger partial charge in [0.05, 0.1) is 4.90 Å². The van der Waals surface area contributed by atoms with Gasteiger partial charge < -0.3 is 5.11 Å². The molecule has 0 amide bonds. The Bertz CT molecular complexity index is 559. The molecule has 19 heavy (non-hydrogen) atoms. The van der Waals surface area contributed by atoms with Crippen molar-refractivity contribution in [3.8, 4) is 0 Å². The maximum absolute atomic E-state index is 12.5. The molecule has 1 atom stereocenters. The lowest BCUT2D eigenvalue weighted by atomic mass is 10.1. The van der Waals surface area contributed by atoms with Gasteiger partial charge in [-0.25, -0.2) is 8.42 Å². The number of rotatable bonds is 4. The Balaban J connectivity index is 2.23. The molecule has 0 radical (unpaired) electrons. The summed E-state index contributed by atoms with van der Waals surface area (Å²) in [6, 6.07) is 5.27. The minimum Gasteiger partial charge on any atom is -0.396 e. The average Bonchev–Trinajstić information content (AvgIpc) is 2.78. The molecule has 0 spiro atoms. The van der Waals surface area contributed by atoms with E-state index in [1.165, 1.54) is 4.31 Å². The van der Waals surface area contributed by atoms with Gasteiger partial charge in [-0.15, -0.1) is 0 Å². The molecule has 1 heterocycles. The molecule has 1 fully saturated rings. The van der Waals surface area contributed by atoms with E-state index in [1.54, 1.807) is 12.1 Å². The van der Waals surface area contributed by atoms with Gasteiger partial charge in [0, 0.05) is 24.2 Å². The molecule has 1 aromatic carbocycles. The van der Waals surface area contributed by atoms with Crippen LogP contribution in [0.1, 0.15) is 18.4 Å². The minimum absolute atomic E-state index is 0.118. The first-order valence-corrected chi connectivity index (χ1v) is 8.55. The molecule has 1 unspecified atom stereocenters. The molecule has 0 saturated carbocycles. The van der Waals surface area contributed by atoms with Crippen molar-refractivity contribution >= 4 is 26.0 Å². The van der Waals surface area contributed by atoms with Gasteiger partial charge in [0.15, 0.2) is 0 Å². The van der Waals surface area contributed by atoms with Crippen LogP contribution in [0.3, 0.4) is 0 Å². The molecule has 4 nitrogen and oxygen atoms in total. The van der Waals surface area contributed by atoms with Gasteiger partial charge in [-0.05, 0) is 59.3 Å². The fourth-order valence-electron chi connectivity index (χ4n) is 2.39. The van der Waals surface area contributed by atoms with E-state index in [0.29, 0.717) is 28.9 Å². The molecule has 1 aliphatic rings. The van der Waals surface area contributed by atoms with E-state index in [9.17, 15) is 8.42 Å². The number of aliphatic hydroxyl groups is 1. The van der Waals surface area contributed by atoms with E-state index in [1.807, 2.05) is 13.0 Å². The molecule has 6 heteroatoms. The molecule has 2 rings (SSSR count). The van der Waals surface area contributed by atoms with Crippen LogP contribution in [0.4, 0.5) is 0 Å². The highest BCUT2D eigenvalue weighted by molar-refractivity contribution is 9.10. The van der Waals surface area contributed by atoms with E-state index in [2.05, 4.69) is 15.9 Å². The summed E-state index contributed by atoms with van der Waals surface area (Å²) in [6.07, 6.45) is 1.49. The van der Waals surface area contributed by atoms with Crippen molar-refractivity contribution in [2.24, 2.45) is 5.92 Å². The van der Waals surface area contributed by atoms with Crippen molar-refractivity contribution in [1.29, 1.82) is 0 Å². The SMILES string of the molecule is Cc1ccc(S(=O)(=O)N2CCC(CCO)C2)c(Br)c1. The topological polar surface area (TPSA) is 57.6 Å². The highest BCUT2D eigenvalue weighted by atomic mass is 79.9. The number of aryl methyl sites for hydroxylation is 1. The van der Waals surface area contributed by atoms with Crippen LogP contribution in [0, 0.1) is 12.8 Å². The molecule has 1 saturated heterocycles. The van der Waals surface area contributed by atoms with E-state index in [-0.39, 0.29) is 12.5 Å². The number of benzene rings is 1. The third-order valence-electron chi connectivity index (χ3n) is 3.49. The Hall–Kier alpha value is -0.430. The number of aliphatic hydroxyl groups excluding tert-OH is 1. The number of hydrogen-bond donors (Lipinski definition) is 1. The normalized spacial score (nSPS) is 20.9. The van der Waals surface area contributed by atoms with Crippen molar-refractivity contribution in [2.45, 2.75) is 24.7 Å².